The van der Waals surface area contributed by atoms with Crippen LogP contribution in [-0.2, 0) is 11.3 Å². The Morgan fingerprint density at radius 3 is 2.67 bits per heavy atom. The van der Waals surface area contributed by atoms with E-state index in [-0.39, 0.29) is 6.04 Å². The third-order valence-corrected chi connectivity index (χ3v) is 2.91. The minimum Gasteiger partial charge on any atom is -0.507 e. The van der Waals surface area contributed by atoms with E-state index in [1.807, 2.05) is 52.8 Å². The van der Waals surface area contributed by atoms with Gasteiger partial charge >= 0.3 is 6.09 Å². The molecule has 1 atom stereocenters. The Morgan fingerprint density at radius 2 is 2.05 bits per heavy atom. The van der Waals surface area contributed by atoms with Crippen molar-refractivity contribution in [1.29, 1.82) is 0 Å². The smallest absolute Gasteiger partial charge is 0.407 e. The van der Waals surface area contributed by atoms with E-state index in [0.717, 1.165) is 11.1 Å². The normalized spacial score (nSPS) is 12.8. The highest BCUT2D eigenvalue weighted by Crippen LogP contribution is 2.21. The maximum atomic E-state index is 11.5. The van der Waals surface area contributed by atoms with Crippen molar-refractivity contribution in [1.82, 2.24) is 10.6 Å². The van der Waals surface area contributed by atoms with Crippen LogP contribution in [0.4, 0.5) is 4.79 Å². The van der Waals surface area contributed by atoms with Crippen LogP contribution in [0.1, 0.15) is 38.8 Å². The van der Waals surface area contributed by atoms with Crippen LogP contribution in [0, 0.1) is 6.92 Å². The van der Waals surface area contributed by atoms with Crippen LogP contribution < -0.4 is 10.6 Å². The first-order chi connectivity index (χ1) is 9.69. The molecule has 0 radical (unpaired) electrons. The molecular weight excluding hydrogens is 268 g/mol. The fourth-order valence-corrected chi connectivity index (χ4v) is 1.77. The number of ether oxygens (including phenoxy) is 1. The maximum absolute atomic E-state index is 11.5. The topological polar surface area (TPSA) is 70.6 Å². The van der Waals surface area contributed by atoms with Crippen LogP contribution in [0.3, 0.4) is 0 Å². The van der Waals surface area contributed by atoms with E-state index in [9.17, 15) is 9.90 Å². The summed E-state index contributed by atoms with van der Waals surface area (Å²) in [5, 5.41) is 15.9. The van der Waals surface area contributed by atoms with Crippen LogP contribution in [0.5, 0.6) is 5.75 Å². The summed E-state index contributed by atoms with van der Waals surface area (Å²) < 4.78 is 5.17. The number of carbonyl (C=O) groups excluding carboxylic acids is 1. The largest absolute Gasteiger partial charge is 0.507 e. The molecule has 0 bridgehead atoms. The first-order valence-corrected chi connectivity index (χ1v) is 7.16. The lowest BCUT2D eigenvalue weighted by Crippen LogP contribution is -2.41. The van der Waals surface area contributed by atoms with Crippen molar-refractivity contribution in [2.24, 2.45) is 0 Å². The Balaban J connectivity index is 2.36. The number of phenolic OH excluding ortho intramolecular Hbond substituents is 1. The van der Waals surface area contributed by atoms with E-state index in [0.29, 0.717) is 18.8 Å². The van der Waals surface area contributed by atoms with Crippen LogP contribution in [0.2, 0.25) is 0 Å². The summed E-state index contributed by atoms with van der Waals surface area (Å²) in [4.78, 5) is 11.5. The molecule has 0 saturated heterocycles. The van der Waals surface area contributed by atoms with Crippen molar-refractivity contribution in [2.75, 3.05) is 6.54 Å². The van der Waals surface area contributed by atoms with Gasteiger partial charge in [-0.05, 0) is 40.2 Å². The fourth-order valence-electron chi connectivity index (χ4n) is 1.77. The lowest BCUT2D eigenvalue weighted by atomic mass is 10.1. The van der Waals surface area contributed by atoms with Gasteiger partial charge in [-0.3, -0.25) is 0 Å². The predicted octanol–water partition coefficient (Wildman–Crippen LogP) is 2.70. The number of phenols is 1. The van der Waals surface area contributed by atoms with Gasteiger partial charge in [-0.15, -0.1) is 0 Å². The monoisotopic (exact) mass is 294 g/mol. The zero-order chi connectivity index (χ0) is 16.0. The molecule has 3 N–H and O–H groups in total. The molecule has 5 heteroatoms. The molecule has 0 aliphatic heterocycles. The van der Waals surface area contributed by atoms with Crippen molar-refractivity contribution in [3.05, 3.63) is 29.3 Å². The molecule has 0 heterocycles. The summed E-state index contributed by atoms with van der Waals surface area (Å²) in [6, 6.07) is 5.73. The number of aryl methyl sites for hydroxylation is 1. The SMILES string of the molecule is Cc1cccc(CNC(C)CNC(=O)OC(C)(C)C)c1O. The molecule has 0 fully saturated rings. The Hall–Kier alpha value is -1.75. The molecule has 0 aliphatic rings. The van der Waals surface area contributed by atoms with E-state index in [4.69, 9.17) is 4.74 Å². The first kappa shape index (κ1) is 17.3. The van der Waals surface area contributed by atoms with E-state index in [1.165, 1.54) is 0 Å². The molecule has 1 aromatic rings. The number of para-hydroxylation sites is 1. The Labute approximate surface area is 126 Å². The fraction of sp³-hybridized carbons (Fsp3) is 0.562. The van der Waals surface area contributed by atoms with Crippen molar-refractivity contribution in [3.63, 3.8) is 0 Å². The number of alkyl carbamates (subject to hydrolysis) is 1. The Bertz CT molecular complexity index is 481. The third kappa shape index (κ3) is 6.49. The molecule has 1 unspecified atom stereocenters. The molecular formula is C16H26N2O3. The highest BCUT2D eigenvalue weighted by atomic mass is 16.6. The lowest BCUT2D eigenvalue weighted by Gasteiger charge is -2.21. The number of benzene rings is 1. The molecule has 21 heavy (non-hydrogen) atoms. The summed E-state index contributed by atoms with van der Waals surface area (Å²) in [6.45, 7) is 10.3. The van der Waals surface area contributed by atoms with Gasteiger partial charge in [-0.25, -0.2) is 4.79 Å². The molecule has 1 amide bonds. The van der Waals surface area contributed by atoms with Gasteiger partial charge in [0, 0.05) is 24.7 Å². The number of hydrogen-bond donors (Lipinski definition) is 3. The Kier molecular flexibility index (Phi) is 6.03. The van der Waals surface area contributed by atoms with Crippen molar-refractivity contribution in [2.45, 2.75) is 52.8 Å². The van der Waals surface area contributed by atoms with Gasteiger partial charge in [0.15, 0.2) is 0 Å². The number of amides is 1. The molecule has 0 aliphatic carbocycles. The molecule has 0 saturated carbocycles. The summed E-state index contributed by atoms with van der Waals surface area (Å²) in [6.07, 6.45) is -0.422. The number of nitrogens with one attached hydrogen (secondary N) is 2. The van der Waals surface area contributed by atoms with Crippen molar-refractivity contribution < 1.29 is 14.6 Å². The average Bonchev–Trinajstić information content (AvgIpc) is 2.36. The van der Waals surface area contributed by atoms with Gasteiger partial charge in [0.2, 0.25) is 0 Å². The standard InChI is InChI=1S/C16H26N2O3/c1-11-7-6-8-13(14(11)19)10-17-12(2)9-18-15(20)21-16(3,4)5/h6-8,12,17,19H,9-10H2,1-5H3,(H,18,20). The minimum atomic E-state index is -0.492. The zero-order valence-corrected chi connectivity index (χ0v) is 13.5. The molecule has 1 rings (SSSR count). The third-order valence-electron chi connectivity index (χ3n) is 2.91. The summed E-state index contributed by atoms with van der Waals surface area (Å²) in [5.41, 5.74) is 1.21. The summed E-state index contributed by atoms with van der Waals surface area (Å²) in [7, 11) is 0. The number of carbonyl (C=O) groups is 1. The second-order valence-corrected chi connectivity index (χ2v) is 6.25. The Morgan fingerprint density at radius 1 is 1.38 bits per heavy atom. The number of hydrogen-bond acceptors (Lipinski definition) is 4. The van der Waals surface area contributed by atoms with Gasteiger partial charge in [-0.1, -0.05) is 18.2 Å². The minimum absolute atomic E-state index is 0.0671. The average molecular weight is 294 g/mol. The molecule has 1 aromatic carbocycles. The quantitative estimate of drug-likeness (QED) is 0.781. The second kappa shape index (κ2) is 7.31. The highest BCUT2D eigenvalue weighted by Gasteiger charge is 2.16. The number of rotatable bonds is 5. The van der Waals surface area contributed by atoms with E-state index in [1.54, 1.807) is 0 Å². The van der Waals surface area contributed by atoms with Crippen molar-refractivity contribution in [3.8, 4) is 5.75 Å². The molecule has 118 valence electrons. The van der Waals surface area contributed by atoms with E-state index < -0.39 is 11.7 Å². The van der Waals surface area contributed by atoms with E-state index in [2.05, 4.69) is 10.6 Å². The van der Waals surface area contributed by atoms with Crippen LogP contribution in [0.25, 0.3) is 0 Å². The van der Waals surface area contributed by atoms with Gasteiger partial charge in [0.25, 0.3) is 0 Å². The van der Waals surface area contributed by atoms with Crippen molar-refractivity contribution >= 4 is 6.09 Å². The predicted molar refractivity (Wildman–Crippen MR) is 83.4 cm³/mol. The highest BCUT2D eigenvalue weighted by molar-refractivity contribution is 5.67. The van der Waals surface area contributed by atoms with Gasteiger partial charge < -0.3 is 20.5 Å². The maximum Gasteiger partial charge on any atom is 0.407 e. The van der Waals surface area contributed by atoms with Crippen LogP contribution in [0.15, 0.2) is 18.2 Å². The summed E-state index contributed by atoms with van der Waals surface area (Å²) in [5.74, 6) is 0.317. The van der Waals surface area contributed by atoms with Gasteiger partial charge in [0.1, 0.15) is 11.4 Å². The van der Waals surface area contributed by atoms with Gasteiger partial charge in [-0.2, -0.15) is 0 Å². The first-order valence-electron chi connectivity index (χ1n) is 7.16. The van der Waals surface area contributed by atoms with Crippen LogP contribution >= 0.6 is 0 Å². The molecule has 0 aromatic heterocycles. The summed E-state index contributed by atoms with van der Waals surface area (Å²) >= 11 is 0. The van der Waals surface area contributed by atoms with Gasteiger partial charge in [0.05, 0.1) is 0 Å². The lowest BCUT2D eigenvalue weighted by molar-refractivity contribution is 0.0523. The second-order valence-electron chi connectivity index (χ2n) is 6.25. The van der Waals surface area contributed by atoms with Crippen LogP contribution in [-0.4, -0.2) is 29.4 Å². The zero-order valence-electron chi connectivity index (χ0n) is 13.5. The van der Waals surface area contributed by atoms with E-state index >= 15 is 0 Å². The number of aromatic hydroxyl groups is 1. The molecule has 5 nitrogen and oxygen atoms in total. The molecule has 0 spiro atoms.